The molecule has 0 unspecified atom stereocenters. The Morgan fingerprint density at radius 3 is 2.50 bits per heavy atom. The molecule has 0 bridgehead atoms. The van der Waals surface area contributed by atoms with Gasteiger partial charge >= 0.3 is 0 Å². The van der Waals surface area contributed by atoms with E-state index in [1.807, 2.05) is 19.9 Å². The van der Waals surface area contributed by atoms with Crippen molar-refractivity contribution in [2.24, 2.45) is 0 Å². The predicted octanol–water partition coefficient (Wildman–Crippen LogP) is 1.74. The van der Waals surface area contributed by atoms with Crippen LogP contribution in [0, 0.1) is 0 Å². The van der Waals surface area contributed by atoms with Crippen LogP contribution in [0.3, 0.4) is 0 Å². The van der Waals surface area contributed by atoms with Gasteiger partial charge in [0, 0.05) is 12.7 Å². The van der Waals surface area contributed by atoms with E-state index >= 15 is 0 Å². The van der Waals surface area contributed by atoms with Crippen molar-refractivity contribution in [2.75, 3.05) is 18.9 Å². The van der Waals surface area contributed by atoms with Gasteiger partial charge in [-0.15, -0.1) is 0 Å². The number of likely N-dealkylation sites (N-methyl/N-ethyl adjacent to an activating group) is 1. The molecule has 16 heavy (non-hydrogen) atoms. The highest BCUT2D eigenvalue weighted by Crippen LogP contribution is 2.18. The third kappa shape index (κ3) is 2.21. The predicted molar refractivity (Wildman–Crippen MR) is 63.4 cm³/mol. The zero-order chi connectivity index (χ0) is 12.1. The van der Waals surface area contributed by atoms with E-state index < -0.39 is 0 Å². The lowest BCUT2D eigenvalue weighted by Gasteiger charge is -2.10. The third-order valence-electron chi connectivity index (χ3n) is 2.27. The van der Waals surface area contributed by atoms with Gasteiger partial charge in [0.1, 0.15) is 0 Å². The molecule has 1 heterocycles. The Labute approximate surface area is 95.3 Å². The van der Waals surface area contributed by atoms with Crippen LogP contribution in [-0.4, -0.2) is 30.3 Å². The number of nitrogens with zero attached hydrogens (tertiary/aromatic N) is 1. The van der Waals surface area contributed by atoms with E-state index in [1.165, 1.54) is 7.05 Å². The Morgan fingerprint density at radius 2 is 1.81 bits per heavy atom. The zero-order valence-corrected chi connectivity index (χ0v) is 9.78. The number of hydrogen-bond acceptors (Lipinski definition) is 3. The summed E-state index contributed by atoms with van der Waals surface area (Å²) < 4.78 is 0. The van der Waals surface area contributed by atoms with Gasteiger partial charge < -0.3 is 5.32 Å². The number of nitrogens with one attached hydrogen (secondary N) is 1. The van der Waals surface area contributed by atoms with Gasteiger partial charge in [-0.05, 0) is 12.1 Å². The van der Waals surface area contributed by atoms with E-state index in [0.29, 0.717) is 5.56 Å². The van der Waals surface area contributed by atoms with Gasteiger partial charge in [-0.1, -0.05) is 26.0 Å². The number of rotatable bonds is 0. The van der Waals surface area contributed by atoms with Crippen LogP contribution in [0.1, 0.15) is 24.2 Å². The van der Waals surface area contributed by atoms with Gasteiger partial charge in [-0.3, -0.25) is 14.5 Å². The van der Waals surface area contributed by atoms with Crippen molar-refractivity contribution in [1.82, 2.24) is 4.90 Å². The molecule has 86 valence electrons. The summed E-state index contributed by atoms with van der Waals surface area (Å²) in [5, 5.41) is 2.92. The summed E-state index contributed by atoms with van der Waals surface area (Å²) in [7, 11) is 1.49. The second-order valence-electron chi connectivity index (χ2n) is 3.16. The van der Waals surface area contributed by atoms with E-state index in [2.05, 4.69) is 5.32 Å². The van der Waals surface area contributed by atoms with Gasteiger partial charge in [0.25, 0.3) is 5.91 Å². The molecule has 0 aliphatic carbocycles. The molecule has 2 amide bonds. The molecule has 4 heteroatoms. The summed E-state index contributed by atoms with van der Waals surface area (Å²) >= 11 is 0. The van der Waals surface area contributed by atoms with Crippen molar-refractivity contribution in [2.45, 2.75) is 13.8 Å². The smallest absolute Gasteiger partial charge is 0.262 e. The summed E-state index contributed by atoms with van der Waals surface area (Å²) in [5.74, 6) is -0.471. The van der Waals surface area contributed by atoms with Crippen LogP contribution >= 0.6 is 0 Å². The topological polar surface area (TPSA) is 49.4 Å². The molecule has 0 saturated heterocycles. The second kappa shape index (κ2) is 5.30. The van der Waals surface area contributed by atoms with Crippen LogP contribution in [-0.2, 0) is 4.79 Å². The summed E-state index contributed by atoms with van der Waals surface area (Å²) in [6, 6.07) is 7.11. The summed E-state index contributed by atoms with van der Waals surface area (Å²) in [5.41, 5.74) is 1.26. The number of imide groups is 1. The summed E-state index contributed by atoms with van der Waals surface area (Å²) in [6.07, 6.45) is 0. The minimum Gasteiger partial charge on any atom is -0.375 e. The van der Waals surface area contributed by atoms with Crippen molar-refractivity contribution < 1.29 is 9.59 Å². The minimum atomic E-state index is -0.254. The first-order chi connectivity index (χ1) is 7.70. The highest BCUT2D eigenvalue weighted by Gasteiger charge is 2.24. The SMILES string of the molecule is CC.CN1C(=O)CNc2ccccc2C1=O. The Kier molecular flexibility index (Phi) is 4.05. The average Bonchev–Trinajstić information content (AvgIpc) is 2.46. The summed E-state index contributed by atoms with van der Waals surface area (Å²) in [4.78, 5) is 24.2. The number of amides is 2. The molecule has 0 aromatic heterocycles. The van der Waals surface area contributed by atoms with Gasteiger partial charge in [0.2, 0.25) is 5.91 Å². The molecule has 0 radical (unpaired) electrons. The normalized spacial score (nSPS) is 14.3. The van der Waals surface area contributed by atoms with Gasteiger partial charge in [0.15, 0.2) is 0 Å². The van der Waals surface area contributed by atoms with Crippen molar-refractivity contribution in [3.63, 3.8) is 0 Å². The van der Waals surface area contributed by atoms with Crippen molar-refractivity contribution in [3.05, 3.63) is 29.8 Å². The van der Waals surface area contributed by atoms with Crippen LogP contribution in [0.5, 0.6) is 0 Å². The average molecular weight is 220 g/mol. The second-order valence-corrected chi connectivity index (χ2v) is 3.16. The molecule has 1 aliphatic rings. The molecule has 0 saturated carbocycles. The Bertz CT molecular complexity index is 402. The molecule has 1 aromatic carbocycles. The van der Waals surface area contributed by atoms with Crippen molar-refractivity contribution in [1.29, 1.82) is 0 Å². The van der Waals surface area contributed by atoms with Crippen molar-refractivity contribution >= 4 is 17.5 Å². The standard InChI is InChI=1S/C10H10N2O2.C2H6/c1-12-9(13)6-11-8-5-3-2-4-7(8)10(12)14;1-2/h2-5,11H,6H2,1H3;1-2H3. The molecule has 1 N–H and O–H groups in total. The highest BCUT2D eigenvalue weighted by molar-refractivity contribution is 6.10. The maximum atomic E-state index is 11.7. The van der Waals surface area contributed by atoms with Crippen LogP contribution in [0.4, 0.5) is 5.69 Å². The monoisotopic (exact) mass is 220 g/mol. The Hall–Kier alpha value is -1.84. The fraction of sp³-hybridized carbons (Fsp3) is 0.333. The molecule has 1 aromatic rings. The first-order valence-electron chi connectivity index (χ1n) is 5.34. The number of carbonyl (C=O) groups is 2. The Morgan fingerprint density at radius 1 is 1.19 bits per heavy atom. The van der Waals surface area contributed by atoms with Crippen LogP contribution in [0.25, 0.3) is 0 Å². The lowest BCUT2D eigenvalue weighted by Crippen LogP contribution is -2.34. The molecule has 0 fully saturated rings. The fourth-order valence-corrected chi connectivity index (χ4v) is 1.41. The number of para-hydroxylation sites is 1. The third-order valence-corrected chi connectivity index (χ3v) is 2.27. The van der Waals surface area contributed by atoms with E-state index in [-0.39, 0.29) is 18.4 Å². The molecule has 0 atom stereocenters. The maximum Gasteiger partial charge on any atom is 0.262 e. The van der Waals surface area contributed by atoms with E-state index in [4.69, 9.17) is 0 Å². The van der Waals surface area contributed by atoms with E-state index in [1.54, 1.807) is 18.2 Å². The number of anilines is 1. The number of hydrogen-bond donors (Lipinski definition) is 1. The molecular weight excluding hydrogens is 204 g/mol. The summed E-state index contributed by atoms with van der Waals surface area (Å²) in [6.45, 7) is 4.17. The number of carbonyl (C=O) groups excluding carboxylic acids is 2. The lowest BCUT2D eigenvalue weighted by molar-refractivity contribution is -0.125. The molecule has 1 aliphatic heterocycles. The first-order valence-corrected chi connectivity index (χ1v) is 5.34. The van der Waals surface area contributed by atoms with Crippen LogP contribution in [0.15, 0.2) is 24.3 Å². The maximum absolute atomic E-state index is 11.7. The van der Waals surface area contributed by atoms with E-state index in [9.17, 15) is 9.59 Å². The highest BCUT2D eigenvalue weighted by atomic mass is 16.2. The van der Waals surface area contributed by atoms with Gasteiger partial charge in [-0.25, -0.2) is 0 Å². The van der Waals surface area contributed by atoms with Gasteiger partial charge in [0.05, 0.1) is 12.1 Å². The lowest BCUT2D eigenvalue weighted by atomic mass is 10.1. The number of benzene rings is 1. The first kappa shape index (κ1) is 12.2. The quantitative estimate of drug-likeness (QED) is 0.677. The van der Waals surface area contributed by atoms with Crippen molar-refractivity contribution in [3.8, 4) is 0 Å². The fourth-order valence-electron chi connectivity index (χ4n) is 1.41. The molecular formula is C12H16N2O2. The molecule has 0 spiro atoms. The number of fused-ring (bicyclic) bond motifs is 1. The largest absolute Gasteiger partial charge is 0.375 e. The molecule has 4 nitrogen and oxygen atoms in total. The molecule has 2 rings (SSSR count). The van der Waals surface area contributed by atoms with Crippen LogP contribution in [0.2, 0.25) is 0 Å². The van der Waals surface area contributed by atoms with E-state index in [0.717, 1.165) is 10.6 Å². The van der Waals surface area contributed by atoms with Gasteiger partial charge in [-0.2, -0.15) is 0 Å². The zero-order valence-electron chi connectivity index (χ0n) is 9.78. The minimum absolute atomic E-state index is 0.166. The van der Waals surface area contributed by atoms with Crippen LogP contribution < -0.4 is 5.32 Å². The Balaban J connectivity index is 0.000000606.